The normalized spacial score (nSPS) is 17.1. The Balaban J connectivity index is 2.25. The number of nitrogens with zero attached hydrogens (tertiary/aromatic N) is 1. The highest BCUT2D eigenvalue weighted by Crippen LogP contribution is 2.09. The van der Waals surface area contributed by atoms with Crippen molar-refractivity contribution in [2.45, 2.75) is 58.0 Å². The van der Waals surface area contributed by atoms with Crippen molar-refractivity contribution in [1.82, 2.24) is 15.5 Å². The Labute approximate surface area is 125 Å². The lowest BCUT2D eigenvalue weighted by Gasteiger charge is -2.22. The van der Waals surface area contributed by atoms with Gasteiger partial charge in [-0.3, -0.25) is 9.59 Å². The van der Waals surface area contributed by atoms with Gasteiger partial charge in [0.15, 0.2) is 0 Å². The molecule has 1 heterocycles. The quantitative estimate of drug-likeness (QED) is 0.651. The van der Waals surface area contributed by atoms with Gasteiger partial charge in [0.25, 0.3) is 0 Å². The van der Waals surface area contributed by atoms with Crippen molar-refractivity contribution < 1.29 is 19.5 Å². The topological polar surface area (TPSA) is 98.7 Å². The van der Waals surface area contributed by atoms with E-state index in [1.165, 1.54) is 0 Å². The number of amides is 3. The summed E-state index contributed by atoms with van der Waals surface area (Å²) in [5, 5.41) is 13.9. The van der Waals surface area contributed by atoms with Gasteiger partial charge in [-0.05, 0) is 39.5 Å². The van der Waals surface area contributed by atoms with Gasteiger partial charge in [-0.2, -0.15) is 0 Å². The van der Waals surface area contributed by atoms with Gasteiger partial charge in [-0.15, -0.1) is 0 Å². The lowest BCUT2D eigenvalue weighted by Crippen LogP contribution is -2.50. The number of carboxylic acid groups (broad SMARTS) is 1. The van der Waals surface area contributed by atoms with Gasteiger partial charge in [0.05, 0.1) is 0 Å². The summed E-state index contributed by atoms with van der Waals surface area (Å²) in [5.41, 5.74) is 0. The minimum atomic E-state index is -0.837. The van der Waals surface area contributed by atoms with Crippen LogP contribution in [0.2, 0.25) is 0 Å². The molecule has 1 aliphatic rings. The van der Waals surface area contributed by atoms with E-state index in [2.05, 4.69) is 10.6 Å². The van der Waals surface area contributed by atoms with Crippen molar-refractivity contribution in [3.8, 4) is 0 Å². The number of aliphatic carboxylic acids is 1. The number of rotatable bonds is 7. The molecule has 0 aromatic heterocycles. The molecule has 2 unspecified atom stereocenters. The predicted octanol–water partition coefficient (Wildman–Crippen LogP) is 0.940. The van der Waals surface area contributed by atoms with Crippen LogP contribution in [0.1, 0.15) is 46.0 Å². The zero-order chi connectivity index (χ0) is 15.8. The SMILES string of the molecule is CC(CCCC(=O)O)NC(=O)NC(C)C(=O)N1CCCC1. The second-order valence-corrected chi connectivity index (χ2v) is 5.56. The van der Waals surface area contributed by atoms with E-state index in [4.69, 9.17) is 5.11 Å². The van der Waals surface area contributed by atoms with E-state index in [1.54, 1.807) is 11.8 Å². The van der Waals surface area contributed by atoms with Gasteiger partial charge in [-0.25, -0.2) is 4.79 Å². The van der Waals surface area contributed by atoms with E-state index in [1.807, 2.05) is 6.92 Å². The van der Waals surface area contributed by atoms with Crippen LogP contribution in [-0.2, 0) is 9.59 Å². The molecule has 0 bridgehead atoms. The van der Waals surface area contributed by atoms with Crippen molar-refractivity contribution >= 4 is 17.9 Å². The average molecular weight is 299 g/mol. The second kappa shape index (κ2) is 8.49. The van der Waals surface area contributed by atoms with Crippen molar-refractivity contribution in [2.24, 2.45) is 0 Å². The number of hydrogen-bond acceptors (Lipinski definition) is 3. The second-order valence-electron chi connectivity index (χ2n) is 5.56. The molecule has 0 aliphatic carbocycles. The minimum Gasteiger partial charge on any atom is -0.481 e. The molecule has 0 aromatic rings. The maximum Gasteiger partial charge on any atom is 0.315 e. The van der Waals surface area contributed by atoms with Crippen molar-refractivity contribution in [3.05, 3.63) is 0 Å². The van der Waals surface area contributed by atoms with Crippen LogP contribution in [0.5, 0.6) is 0 Å². The molecule has 0 aromatic carbocycles. The van der Waals surface area contributed by atoms with Crippen molar-refractivity contribution in [3.63, 3.8) is 0 Å². The third-order valence-electron chi connectivity index (χ3n) is 3.54. The van der Waals surface area contributed by atoms with E-state index >= 15 is 0 Å². The van der Waals surface area contributed by atoms with Crippen LogP contribution in [0.25, 0.3) is 0 Å². The summed E-state index contributed by atoms with van der Waals surface area (Å²) in [6.07, 6.45) is 3.24. The average Bonchev–Trinajstić information content (AvgIpc) is 2.90. The van der Waals surface area contributed by atoms with E-state index < -0.39 is 18.0 Å². The number of carbonyl (C=O) groups is 3. The zero-order valence-electron chi connectivity index (χ0n) is 12.7. The van der Waals surface area contributed by atoms with E-state index in [0.29, 0.717) is 12.8 Å². The first-order chi connectivity index (χ1) is 9.90. The summed E-state index contributed by atoms with van der Waals surface area (Å²) >= 11 is 0. The Bertz CT molecular complexity index is 380. The Kier molecular flexibility index (Phi) is 6.98. The van der Waals surface area contributed by atoms with Gasteiger partial charge in [-0.1, -0.05) is 0 Å². The van der Waals surface area contributed by atoms with Gasteiger partial charge in [0, 0.05) is 25.6 Å². The highest BCUT2D eigenvalue weighted by molar-refractivity contribution is 5.86. The summed E-state index contributed by atoms with van der Waals surface area (Å²) in [6, 6.07) is -1.06. The first-order valence-corrected chi connectivity index (χ1v) is 7.47. The Morgan fingerprint density at radius 1 is 1.14 bits per heavy atom. The summed E-state index contributed by atoms with van der Waals surface area (Å²) in [6.45, 7) is 5.01. The summed E-state index contributed by atoms with van der Waals surface area (Å²) in [4.78, 5) is 36.0. The smallest absolute Gasteiger partial charge is 0.315 e. The number of carboxylic acids is 1. The fraction of sp³-hybridized carbons (Fsp3) is 0.786. The molecule has 3 amide bonds. The van der Waals surface area contributed by atoms with Crippen LogP contribution in [0, 0.1) is 0 Å². The Morgan fingerprint density at radius 3 is 2.33 bits per heavy atom. The molecule has 1 fully saturated rings. The molecular formula is C14H25N3O4. The lowest BCUT2D eigenvalue weighted by molar-refractivity contribution is -0.137. The lowest BCUT2D eigenvalue weighted by atomic mass is 10.1. The maximum absolute atomic E-state index is 12.0. The first-order valence-electron chi connectivity index (χ1n) is 7.47. The van der Waals surface area contributed by atoms with Crippen LogP contribution in [0.3, 0.4) is 0 Å². The fourth-order valence-electron chi connectivity index (χ4n) is 2.37. The number of hydrogen-bond donors (Lipinski definition) is 3. The predicted molar refractivity (Wildman–Crippen MR) is 77.9 cm³/mol. The molecule has 21 heavy (non-hydrogen) atoms. The van der Waals surface area contributed by atoms with Crippen LogP contribution < -0.4 is 10.6 Å². The number of likely N-dealkylation sites (tertiary alicyclic amines) is 1. The summed E-state index contributed by atoms with van der Waals surface area (Å²) in [7, 11) is 0. The van der Waals surface area contributed by atoms with Gasteiger partial charge in [0.2, 0.25) is 5.91 Å². The third-order valence-corrected chi connectivity index (χ3v) is 3.54. The molecule has 1 aliphatic heterocycles. The molecular weight excluding hydrogens is 274 g/mol. The van der Waals surface area contributed by atoms with Crippen LogP contribution in [0.4, 0.5) is 4.79 Å². The summed E-state index contributed by atoms with van der Waals surface area (Å²) in [5.74, 6) is -0.891. The molecule has 7 heteroatoms. The summed E-state index contributed by atoms with van der Waals surface area (Å²) < 4.78 is 0. The first kappa shape index (κ1) is 17.3. The largest absolute Gasteiger partial charge is 0.481 e. The zero-order valence-corrected chi connectivity index (χ0v) is 12.7. The van der Waals surface area contributed by atoms with Gasteiger partial charge in [0.1, 0.15) is 6.04 Å². The van der Waals surface area contributed by atoms with Gasteiger partial charge >= 0.3 is 12.0 Å². The standard InChI is InChI=1S/C14H25N3O4/c1-10(6-5-7-12(18)19)15-14(21)16-11(2)13(20)17-8-3-4-9-17/h10-11H,3-9H2,1-2H3,(H,18,19)(H2,15,16,21). The van der Waals surface area contributed by atoms with Crippen LogP contribution in [0.15, 0.2) is 0 Å². The molecule has 0 radical (unpaired) electrons. The fourth-order valence-corrected chi connectivity index (χ4v) is 2.37. The molecule has 2 atom stereocenters. The molecule has 7 nitrogen and oxygen atoms in total. The van der Waals surface area contributed by atoms with Crippen molar-refractivity contribution in [2.75, 3.05) is 13.1 Å². The van der Waals surface area contributed by atoms with E-state index in [9.17, 15) is 14.4 Å². The molecule has 0 spiro atoms. The highest BCUT2D eigenvalue weighted by atomic mass is 16.4. The minimum absolute atomic E-state index is 0.0545. The molecule has 0 saturated carbocycles. The number of nitrogens with one attached hydrogen (secondary N) is 2. The van der Waals surface area contributed by atoms with Crippen molar-refractivity contribution in [1.29, 1.82) is 0 Å². The molecule has 3 N–H and O–H groups in total. The molecule has 1 rings (SSSR count). The van der Waals surface area contributed by atoms with Crippen LogP contribution >= 0.6 is 0 Å². The van der Waals surface area contributed by atoms with Crippen LogP contribution in [-0.4, -0.2) is 53.1 Å². The van der Waals surface area contributed by atoms with E-state index in [0.717, 1.165) is 25.9 Å². The van der Waals surface area contributed by atoms with Gasteiger partial charge < -0.3 is 20.6 Å². The molecule has 1 saturated heterocycles. The number of carbonyl (C=O) groups excluding carboxylic acids is 2. The maximum atomic E-state index is 12.0. The monoisotopic (exact) mass is 299 g/mol. The number of urea groups is 1. The molecule has 120 valence electrons. The Hall–Kier alpha value is -1.79. The third kappa shape index (κ3) is 6.46. The highest BCUT2D eigenvalue weighted by Gasteiger charge is 2.24. The van der Waals surface area contributed by atoms with E-state index in [-0.39, 0.29) is 18.4 Å². The Morgan fingerprint density at radius 2 is 1.76 bits per heavy atom.